The SMILES string of the molecule is O=C(NCc1ccco1)C1CCCN1C(=O)COc1ccc(Br)cc1. The van der Waals surface area contributed by atoms with Crippen molar-refractivity contribution in [1.29, 1.82) is 0 Å². The Kier molecular flexibility index (Phi) is 5.75. The molecule has 1 aromatic carbocycles. The van der Waals surface area contributed by atoms with E-state index in [4.69, 9.17) is 9.15 Å². The first-order valence-electron chi connectivity index (χ1n) is 8.11. The summed E-state index contributed by atoms with van der Waals surface area (Å²) in [6.07, 6.45) is 3.03. The Hall–Kier alpha value is -2.28. The Morgan fingerprint density at radius 1 is 1.28 bits per heavy atom. The van der Waals surface area contributed by atoms with E-state index in [9.17, 15) is 9.59 Å². The molecule has 1 saturated heterocycles. The molecule has 0 aliphatic carbocycles. The third-order valence-corrected chi connectivity index (χ3v) is 4.60. The minimum Gasteiger partial charge on any atom is -0.484 e. The van der Waals surface area contributed by atoms with Crippen LogP contribution in [-0.2, 0) is 16.1 Å². The molecule has 0 radical (unpaired) electrons. The maximum Gasteiger partial charge on any atom is 0.261 e. The number of amides is 2. The fourth-order valence-corrected chi connectivity index (χ4v) is 3.07. The lowest BCUT2D eigenvalue weighted by Gasteiger charge is -2.23. The van der Waals surface area contributed by atoms with Gasteiger partial charge in [-0.05, 0) is 49.2 Å². The van der Waals surface area contributed by atoms with Gasteiger partial charge in [0, 0.05) is 11.0 Å². The molecule has 3 rings (SSSR count). The highest BCUT2D eigenvalue weighted by atomic mass is 79.9. The minimum atomic E-state index is -0.448. The number of hydrogen-bond donors (Lipinski definition) is 1. The normalized spacial score (nSPS) is 16.7. The van der Waals surface area contributed by atoms with Gasteiger partial charge in [0.2, 0.25) is 5.91 Å². The first-order chi connectivity index (χ1) is 12.1. The molecule has 132 valence electrons. The number of carbonyl (C=O) groups excluding carboxylic acids is 2. The van der Waals surface area contributed by atoms with Gasteiger partial charge in [0.25, 0.3) is 5.91 Å². The van der Waals surface area contributed by atoms with Crippen LogP contribution in [0.2, 0.25) is 0 Å². The van der Waals surface area contributed by atoms with E-state index in [2.05, 4.69) is 21.2 Å². The molecule has 1 aliphatic rings. The van der Waals surface area contributed by atoms with Crippen molar-refractivity contribution in [3.8, 4) is 5.75 Å². The molecule has 0 bridgehead atoms. The van der Waals surface area contributed by atoms with Crippen molar-refractivity contribution in [3.63, 3.8) is 0 Å². The predicted molar refractivity (Wildman–Crippen MR) is 94.9 cm³/mol. The second-order valence-corrected chi connectivity index (χ2v) is 6.70. The highest BCUT2D eigenvalue weighted by molar-refractivity contribution is 9.10. The van der Waals surface area contributed by atoms with Crippen LogP contribution in [0.25, 0.3) is 0 Å². The average molecular weight is 407 g/mol. The van der Waals surface area contributed by atoms with Crippen molar-refractivity contribution < 1.29 is 18.7 Å². The third kappa shape index (κ3) is 4.63. The van der Waals surface area contributed by atoms with Gasteiger partial charge in [-0.25, -0.2) is 0 Å². The van der Waals surface area contributed by atoms with Gasteiger partial charge in [0.1, 0.15) is 17.6 Å². The topological polar surface area (TPSA) is 71.8 Å². The van der Waals surface area contributed by atoms with Crippen molar-refractivity contribution in [2.24, 2.45) is 0 Å². The van der Waals surface area contributed by atoms with E-state index in [-0.39, 0.29) is 18.4 Å². The molecule has 1 unspecified atom stereocenters. The zero-order valence-corrected chi connectivity index (χ0v) is 15.2. The molecule has 1 N–H and O–H groups in total. The van der Waals surface area contributed by atoms with Crippen molar-refractivity contribution in [1.82, 2.24) is 10.2 Å². The van der Waals surface area contributed by atoms with Crippen LogP contribution in [0.5, 0.6) is 5.75 Å². The van der Waals surface area contributed by atoms with Crippen LogP contribution in [0, 0.1) is 0 Å². The molecule has 1 aromatic heterocycles. The lowest BCUT2D eigenvalue weighted by atomic mass is 10.2. The van der Waals surface area contributed by atoms with Crippen molar-refractivity contribution in [2.75, 3.05) is 13.2 Å². The molecule has 1 atom stereocenters. The highest BCUT2D eigenvalue weighted by Gasteiger charge is 2.34. The van der Waals surface area contributed by atoms with E-state index in [1.807, 2.05) is 12.1 Å². The second-order valence-electron chi connectivity index (χ2n) is 5.78. The molecule has 2 aromatic rings. The zero-order chi connectivity index (χ0) is 17.6. The molecular formula is C18H19BrN2O4. The third-order valence-electron chi connectivity index (χ3n) is 4.07. The molecule has 1 aliphatic heterocycles. The number of nitrogens with one attached hydrogen (secondary N) is 1. The van der Waals surface area contributed by atoms with E-state index in [1.54, 1.807) is 35.4 Å². The van der Waals surface area contributed by atoms with E-state index < -0.39 is 6.04 Å². The minimum absolute atomic E-state index is 0.0798. The molecule has 6 nitrogen and oxygen atoms in total. The molecular weight excluding hydrogens is 388 g/mol. The summed E-state index contributed by atoms with van der Waals surface area (Å²) in [5, 5.41) is 2.82. The fraction of sp³-hybridized carbons (Fsp3) is 0.333. The summed E-state index contributed by atoms with van der Waals surface area (Å²) in [7, 11) is 0. The average Bonchev–Trinajstić information content (AvgIpc) is 3.30. The van der Waals surface area contributed by atoms with Crippen molar-refractivity contribution >= 4 is 27.7 Å². The second kappa shape index (κ2) is 8.20. The Morgan fingerprint density at radius 3 is 2.80 bits per heavy atom. The molecule has 2 heterocycles. The molecule has 25 heavy (non-hydrogen) atoms. The standard InChI is InChI=1S/C18H19BrN2O4/c19-13-5-7-14(8-6-13)25-12-17(22)21-9-1-4-16(21)18(23)20-11-15-3-2-10-24-15/h2-3,5-8,10,16H,1,4,9,11-12H2,(H,20,23). The van der Waals surface area contributed by atoms with Crippen LogP contribution in [0.4, 0.5) is 0 Å². The predicted octanol–water partition coefficient (Wildman–Crippen LogP) is 2.73. The summed E-state index contributed by atoms with van der Waals surface area (Å²) in [6, 6.07) is 10.4. The number of hydrogen-bond acceptors (Lipinski definition) is 4. The van der Waals surface area contributed by atoms with Crippen LogP contribution in [-0.4, -0.2) is 35.9 Å². The molecule has 0 spiro atoms. The Balaban J connectivity index is 1.52. The number of carbonyl (C=O) groups is 2. The number of furan rings is 1. The summed E-state index contributed by atoms with van der Waals surface area (Å²) in [6.45, 7) is 0.810. The molecule has 2 amide bonds. The summed E-state index contributed by atoms with van der Waals surface area (Å²) < 4.78 is 11.7. The molecule has 7 heteroatoms. The van der Waals surface area contributed by atoms with Crippen LogP contribution >= 0.6 is 15.9 Å². The van der Waals surface area contributed by atoms with E-state index >= 15 is 0 Å². The van der Waals surface area contributed by atoms with Gasteiger partial charge in [-0.15, -0.1) is 0 Å². The Morgan fingerprint density at radius 2 is 2.08 bits per heavy atom. The maximum absolute atomic E-state index is 12.4. The van der Waals surface area contributed by atoms with Crippen molar-refractivity contribution in [2.45, 2.75) is 25.4 Å². The maximum atomic E-state index is 12.4. The van der Waals surface area contributed by atoms with Gasteiger partial charge in [0.05, 0.1) is 12.8 Å². The quantitative estimate of drug-likeness (QED) is 0.800. The summed E-state index contributed by atoms with van der Waals surface area (Å²) in [5.74, 6) is 0.960. The van der Waals surface area contributed by atoms with E-state index in [1.165, 1.54) is 0 Å². The lowest BCUT2D eigenvalue weighted by Crippen LogP contribution is -2.47. The number of halogens is 1. The molecule has 1 fully saturated rings. The number of ether oxygens (including phenoxy) is 1. The summed E-state index contributed by atoms with van der Waals surface area (Å²) >= 11 is 3.35. The molecule has 0 saturated carbocycles. The first kappa shape index (κ1) is 17.5. The fourth-order valence-electron chi connectivity index (χ4n) is 2.80. The summed E-state index contributed by atoms with van der Waals surface area (Å²) in [4.78, 5) is 26.4. The van der Waals surface area contributed by atoms with Gasteiger partial charge >= 0.3 is 0 Å². The highest BCUT2D eigenvalue weighted by Crippen LogP contribution is 2.19. The first-order valence-corrected chi connectivity index (χ1v) is 8.91. The Labute approximate surface area is 154 Å². The van der Waals surface area contributed by atoms with Crippen LogP contribution < -0.4 is 10.1 Å². The zero-order valence-electron chi connectivity index (χ0n) is 13.6. The van der Waals surface area contributed by atoms with Crippen LogP contribution in [0.1, 0.15) is 18.6 Å². The van der Waals surface area contributed by atoms with Gasteiger partial charge < -0.3 is 19.4 Å². The number of likely N-dealkylation sites (tertiary alicyclic amines) is 1. The number of benzene rings is 1. The Bertz CT molecular complexity index is 715. The van der Waals surface area contributed by atoms with Gasteiger partial charge in [-0.2, -0.15) is 0 Å². The van der Waals surface area contributed by atoms with Gasteiger partial charge in [-0.1, -0.05) is 15.9 Å². The smallest absolute Gasteiger partial charge is 0.261 e. The van der Waals surface area contributed by atoms with Crippen molar-refractivity contribution in [3.05, 3.63) is 52.9 Å². The monoisotopic (exact) mass is 406 g/mol. The van der Waals surface area contributed by atoms with Gasteiger partial charge in [-0.3, -0.25) is 9.59 Å². The number of nitrogens with zero attached hydrogens (tertiary/aromatic N) is 1. The van der Waals surface area contributed by atoms with E-state index in [0.717, 1.165) is 10.9 Å². The van der Waals surface area contributed by atoms with Gasteiger partial charge in [0.15, 0.2) is 6.61 Å². The van der Waals surface area contributed by atoms with Crippen LogP contribution in [0.3, 0.4) is 0 Å². The largest absolute Gasteiger partial charge is 0.484 e. The van der Waals surface area contributed by atoms with E-state index in [0.29, 0.717) is 31.0 Å². The number of rotatable bonds is 6. The van der Waals surface area contributed by atoms with Crippen LogP contribution in [0.15, 0.2) is 51.6 Å². The summed E-state index contributed by atoms with van der Waals surface area (Å²) in [5.41, 5.74) is 0. The lowest BCUT2D eigenvalue weighted by molar-refractivity contribution is -0.140.